The molecule has 0 saturated heterocycles. The molecule has 0 radical (unpaired) electrons. The second-order valence-electron chi connectivity index (χ2n) is 4.68. The standard InChI is InChI=1S/C14H20ClN3O3/c1-4-5-8-18-13(15)11(9(2)17-18)6-7-12(19)21-10(3)14(16)20/h6-7,10H,4-5,8H2,1-3H3,(H2,16,20)/b7-6+/t10-/m1/s1. The Morgan fingerprint density at radius 2 is 2.19 bits per heavy atom. The lowest BCUT2D eigenvalue weighted by molar-refractivity contribution is -0.148. The molecule has 7 heteroatoms. The number of esters is 1. The molecule has 0 aliphatic rings. The number of hydrogen-bond acceptors (Lipinski definition) is 4. The number of hydrogen-bond donors (Lipinski definition) is 1. The van der Waals surface area contributed by atoms with E-state index in [2.05, 4.69) is 12.0 Å². The van der Waals surface area contributed by atoms with E-state index in [1.54, 1.807) is 4.68 Å². The number of primary amides is 1. The van der Waals surface area contributed by atoms with Gasteiger partial charge < -0.3 is 10.5 Å². The summed E-state index contributed by atoms with van der Waals surface area (Å²) < 4.78 is 6.52. The monoisotopic (exact) mass is 313 g/mol. The molecule has 1 heterocycles. The zero-order chi connectivity index (χ0) is 16.0. The number of carbonyl (C=O) groups is 2. The zero-order valence-electron chi connectivity index (χ0n) is 12.4. The number of amides is 1. The summed E-state index contributed by atoms with van der Waals surface area (Å²) in [4.78, 5) is 22.4. The molecule has 0 saturated carbocycles. The van der Waals surface area contributed by atoms with Crippen LogP contribution in [0.1, 0.15) is 37.9 Å². The highest BCUT2D eigenvalue weighted by Gasteiger charge is 2.14. The van der Waals surface area contributed by atoms with Crippen molar-refractivity contribution in [3.05, 3.63) is 22.5 Å². The number of nitrogens with zero attached hydrogens (tertiary/aromatic N) is 2. The number of rotatable bonds is 7. The number of halogens is 1. The molecule has 0 spiro atoms. The van der Waals surface area contributed by atoms with Gasteiger partial charge in [-0.15, -0.1) is 0 Å². The number of aromatic nitrogens is 2. The molecule has 1 aromatic rings. The minimum absolute atomic E-state index is 0.480. The van der Waals surface area contributed by atoms with Crippen LogP contribution in [0.15, 0.2) is 6.08 Å². The molecule has 0 aromatic carbocycles. The first-order valence-corrected chi connectivity index (χ1v) is 7.15. The van der Waals surface area contributed by atoms with Crippen LogP contribution < -0.4 is 5.73 Å². The Morgan fingerprint density at radius 1 is 1.52 bits per heavy atom. The second kappa shape index (κ2) is 7.83. The third-order valence-electron chi connectivity index (χ3n) is 2.91. The first-order chi connectivity index (χ1) is 9.86. The summed E-state index contributed by atoms with van der Waals surface area (Å²) in [6.07, 6.45) is 3.79. The summed E-state index contributed by atoms with van der Waals surface area (Å²) in [6, 6.07) is 0. The topological polar surface area (TPSA) is 87.2 Å². The first kappa shape index (κ1) is 17.2. The molecule has 1 rings (SSSR count). The predicted octanol–water partition coefficient (Wildman–Crippen LogP) is 2.08. The van der Waals surface area contributed by atoms with E-state index in [0.717, 1.165) is 25.1 Å². The van der Waals surface area contributed by atoms with E-state index in [0.29, 0.717) is 10.7 Å². The molecule has 0 fully saturated rings. The molecular formula is C14H20ClN3O3. The van der Waals surface area contributed by atoms with Gasteiger partial charge in [-0.25, -0.2) is 4.79 Å². The third kappa shape index (κ3) is 4.90. The molecule has 1 aromatic heterocycles. The lowest BCUT2D eigenvalue weighted by Crippen LogP contribution is -2.29. The Hall–Kier alpha value is -1.82. The Kier molecular flexibility index (Phi) is 6.42. The predicted molar refractivity (Wildman–Crippen MR) is 80.7 cm³/mol. The highest BCUT2D eigenvalue weighted by atomic mass is 35.5. The van der Waals surface area contributed by atoms with Crippen molar-refractivity contribution in [2.24, 2.45) is 5.73 Å². The normalized spacial score (nSPS) is 12.6. The molecular weight excluding hydrogens is 294 g/mol. The lowest BCUT2D eigenvalue weighted by Gasteiger charge is -2.06. The summed E-state index contributed by atoms with van der Waals surface area (Å²) >= 11 is 6.23. The van der Waals surface area contributed by atoms with Crippen LogP contribution in [0.3, 0.4) is 0 Å². The average molecular weight is 314 g/mol. The second-order valence-corrected chi connectivity index (χ2v) is 5.04. The van der Waals surface area contributed by atoms with Crippen molar-refractivity contribution in [2.45, 2.75) is 46.3 Å². The SMILES string of the molecule is CCCCn1nc(C)c(/C=C/C(=O)O[C@H](C)C(N)=O)c1Cl. The fourth-order valence-corrected chi connectivity index (χ4v) is 1.96. The summed E-state index contributed by atoms with van der Waals surface area (Å²) in [7, 11) is 0. The van der Waals surface area contributed by atoms with Crippen molar-refractivity contribution in [2.75, 3.05) is 0 Å². The molecule has 21 heavy (non-hydrogen) atoms. The Balaban J connectivity index is 2.78. The van der Waals surface area contributed by atoms with Crippen LogP contribution in [0.2, 0.25) is 5.15 Å². The van der Waals surface area contributed by atoms with Crippen LogP contribution in [0, 0.1) is 6.92 Å². The van der Waals surface area contributed by atoms with Crippen LogP contribution in [-0.4, -0.2) is 27.8 Å². The highest BCUT2D eigenvalue weighted by molar-refractivity contribution is 6.31. The summed E-state index contributed by atoms with van der Waals surface area (Å²) in [5, 5.41) is 4.80. The fourth-order valence-electron chi connectivity index (χ4n) is 1.64. The van der Waals surface area contributed by atoms with Gasteiger partial charge in [0.05, 0.1) is 5.69 Å². The van der Waals surface area contributed by atoms with Gasteiger partial charge in [-0.1, -0.05) is 24.9 Å². The first-order valence-electron chi connectivity index (χ1n) is 6.77. The molecule has 2 N–H and O–H groups in total. The fraction of sp³-hybridized carbons (Fsp3) is 0.500. The van der Waals surface area contributed by atoms with Gasteiger partial charge in [-0.2, -0.15) is 5.10 Å². The Morgan fingerprint density at radius 3 is 2.76 bits per heavy atom. The van der Waals surface area contributed by atoms with Crippen LogP contribution >= 0.6 is 11.6 Å². The molecule has 0 aliphatic carbocycles. The van der Waals surface area contributed by atoms with E-state index in [4.69, 9.17) is 22.1 Å². The zero-order valence-corrected chi connectivity index (χ0v) is 13.2. The van der Waals surface area contributed by atoms with Crippen molar-refractivity contribution < 1.29 is 14.3 Å². The van der Waals surface area contributed by atoms with Gasteiger partial charge >= 0.3 is 5.97 Å². The number of carbonyl (C=O) groups excluding carboxylic acids is 2. The Bertz CT molecular complexity index is 552. The molecule has 0 bridgehead atoms. The molecule has 1 amide bonds. The number of nitrogens with two attached hydrogens (primary N) is 1. The van der Waals surface area contributed by atoms with Crippen molar-refractivity contribution in [3.8, 4) is 0 Å². The van der Waals surface area contributed by atoms with E-state index < -0.39 is 18.0 Å². The quantitative estimate of drug-likeness (QED) is 0.616. The van der Waals surface area contributed by atoms with Crippen molar-refractivity contribution in [1.29, 1.82) is 0 Å². The van der Waals surface area contributed by atoms with E-state index in [-0.39, 0.29) is 0 Å². The van der Waals surface area contributed by atoms with Crippen molar-refractivity contribution in [1.82, 2.24) is 9.78 Å². The lowest BCUT2D eigenvalue weighted by atomic mass is 10.2. The van der Waals surface area contributed by atoms with E-state index in [1.807, 2.05) is 6.92 Å². The van der Waals surface area contributed by atoms with Crippen LogP contribution in [0.25, 0.3) is 6.08 Å². The maximum Gasteiger partial charge on any atom is 0.331 e. The summed E-state index contributed by atoms with van der Waals surface area (Å²) in [6.45, 7) is 6.04. The number of ether oxygens (including phenoxy) is 1. The summed E-state index contributed by atoms with van der Waals surface area (Å²) in [5.74, 6) is -1.35. The van der Waals surface area contributed by atoms with E-state index in [1.165, 1.54) is 19.1 Å². The van der Waals surface area contributed by atoms with Crippen LogP contribution in [0.4, 0.5) is 0 Å². The minimum atomic E-state index is -0.967. The van der Waals surface area contributed by atoms with Crippen LogP contribution in [0.5, 0.6) is 0 Å². The Labute approximate surface area is 128 Å². The number of aryl methyl sites for hydroxylation is 2. The molecule has 0 aliphatic heterocycles. The van der Waals surface area contributed by atoms with Gasteiger partial charge in [0.2, 0.25) is 0 Å². The van der Waals surface area contributed by atoms with Gasteiger partial charge in [0.15, 0.2) is 6.10 Å². The van der Waals surface area contributed by atoms with Crippen LogP contribution in [-0.2, 0) is 20.9 Å². The highest BCUT2D eigenvalue weighted by Crippen LogP contribution is 2.21. The van der Waals surface area contributed by atoms with E-state index >= 15 is 0 Å². The molecule has 1 atom stereocenters. The third-order valence-corrected chi connectivity index (χ3v) is 3.31. The van der Waals surface area contributed by atoms with Gasteiger partial charge in [-0.3, -0.25) is 9.48 Å². The average Bonchev–Trinajstić information content (AvgIpc) is 2.68. The van der Waals surface area contributed by atoms with Gasteiger partial charge in [0, 0.05) is 18.2 Å². The maximum atomic E-state index is 11.5. The van der Waals surface area contributed by atoms with Gasteiger partial charge in [-0.05, 0) is 26.3 Å². The molecule has 116 valence electrons. The van der Waals surface area contributed by atoms with Gasteiger partial charge in [0.1, 0.15) is 5.15 Å². The minimum Gasteiger partial charge on any atom is -0.449 e. The summed E-state index contributed by atoms with van der Waals surface area (Å²) in [5.41, 5.74) is 6.40. The molecule has 0 unspecified atom stereocenters. The molecule has 6 nitrogen and oxygen atoms in total. The van der Waals surface area contributed by atoms with Crippen molar-refractivity contribution in [3.63, 3.8) is 0 Å². The van der Waals surface area contributed by atoms with E-state index in [9.17, 15) is 9.59 Å². The maximum absolute atomic E-state index is 11.5. The van der Waals surface area contributed by atoms with Crippen molar-refractivity contribution >= 4 is 29.6 Å². The largest absolute Gasteiger partial charge is 0.449 e. The van der Waals surface area contributed by atoms with Gasteiger partial charge in [0.25, 0.3) is 5.91 Å². The smallest absolute Gasteiger partial charge is 0.331 e. The number of unbranched alkanes of at least 4 members (excludes halogenated alkanes) is 1.